The van der Waals surface area contributed by atoms with Crippen molar-refractivity contribution in [3.05, 3.63) is 40.2 Å². The van der Waals surface area contributed by atoms with Crippen LogP contribution < -0.4 is 10.9 Å². The highest BCUT2D eigenvalue weighted by Crippen LogP contribution is 2.23. The highest BCUT2D eigenvalue weighted by atomic mass is 16.4. The number of hydrogen-bond acceptors (Lipinski definition) is 5. The molecule has 0 aliphatic carbocycles. The molecule has 0 spiro atoms. The molecule has 1 aliphatic rings. The zero-order chi connectivity index (χ0) is 14.8. The minimum atomic E-state index is -0.369. The highest BCUT2D eigenvalue weighted by molar-refractivity contribution is 5.81. The number of rotatable bonds is 5. The molecule has 2 N–H and O–H groups in total. The van der Waals surface area contributed by atoms with Gasteiger partial charge in [-0.2, -0.15) is 0 Å². The van der Waals surface area contributed by atoms with Gasteiger partial charge in [-0.1, -0.05) is 6.92 Å². The first kappa shape index (κ1) is 14.1. The highest BCUT2D eigenvalue weighted by Gasteiger charge is 2.24. The molecule has 3 rings (SSSR count). The van der Waals surface area contributed by atoms with Gasteiger partial charge < -0.3 is 14.8 Å². The van der Waals surface area contributed by atoms with E-state index in [9.17, 15) is 9.90 Å². The first-order valence-corrected chi connectivity index (χ1v) is 7.38. The SMILES string of the molecule is CCCN(Cc1cc(=O)oc2cc(O)ccc12)C1CNC1. The van der Waals surface area contributed by atoms with E-state index >= 15 is 0 Å². The first-order chi connectivity index (χ1) is 10.2. The largest absolute Gasteiger partial charge is 0.508 e. The molecule has 0 saturated carbocycles. The molecular weight excluding hydrogens is 268 g/mol. The summed E-state index contributed by atoms with van der Waals surface area (Å²) < 4.78 is 5.18. The molecule has 0 bridgehead atoms. The van der Waals surface area contributed by atoms with Gasteiger partial charge >= 0.3 is 5.63 Å². The van der Waals surface area contributed by atoms with Crippen molar-refractivity contribution >= 4 is 11.0 Å². The Hall–Kier alpha value is -1.85. The predicted octanol–water partition coefficient (Wildman–Crippen LogP) is 1.68. The fourth-order valence-electron chi connectivity index (χ4n) is 2.78. The van der Waals surface area contributed by atoms with Crippen LogP contribution in [0, 0.1) is 0 Å². The molecule has 5 nitrogen and oxygen atoms in total. The van der Waals surface area contributed by atoms with Gasteiger partial charge in [0.2, 0.25) is 0 Å². The van der Waals surface area contributed by atoms with E-state index in [0.29, 0.717) is 11.6 Å². The van der Waals surface area contributed by atoms with Crippen LogP contribution in [0.5, 0.6) is 5.75 Å². The van der Waals surface area contributed by atoms with Crippen LogP contribution in [-0.2, 0) is 6.54 Å². The van der Waals surface area contributed by atoms with E-state index in [1.807, 2.05) is 6.07 Å². The minimum Gasteiger partial charge on any atom is -0.508 e. The molecule has 1 aromatic carbocycles. The third kappa shape index (κ3) is 2.94. The minimum absolute atomic E-state index is 0.108. The maximum absolute atomic E-state index is 11.7. The average Bonchev–Trinajstić information content (AvgIpc) is 2.36. The quantitative estimate of drug-likeness (QED) is 0.820. The van der Waals surface area contributed by atoms with Crippen molar-refractivity contribution < 1.29 is 9.52 Å². The van der Waals surface area contributed by atoms with Gasteiger partial charge in [-0.25, -0.2) is 4.79 Å². The van der Waals surface area contributed by atoms with E-state index < -0.39 is 0 Å². The van der Waals surface area contributed by atoms with Gasteiger partial charge in [0.25, 0.3) is 0 Å². The Morgan fingerprint density at radius 3 is 2.86 bits per heavy atom. The van der Waals surface area contributed by atoms with Crippen LogP contribution in [0.25, 0.3) is 11.0 Å². The molecule has 1 aromatic heterocycles. The number of aromatic hydroxyl groups is 1. The van der Waals surface area contributed by atoms with Crippen LogP contribution in [0.4, 0.5) is 0 Å². The van der Waals surface area contributed by atoms with Crippen LogP contribution in [0.15, 0.2) is 33.5 Å². The number of phenols is 1. The number of nitrogens with one attached hydrogen (secondary N) is 1. The molecule has 1 fully saturated rings. The van der Waals surface area contributed by atoms with E-state index in [1.54, 1.807) is 12.1 Å². The summed E-state index contributed by atoms with van der Waals surface area (Å²) in [4.78, 5) is 14.1. The molecule has 1 aliphatic heterocycles. The molecule has 0 amide bonds. The molecular formula is C16H20N2O3. The van der Waals surface area contributed by atoms with Crippen LogP contribution in [0.1, 0.15) is 18.9 Å². The van der Waals surface area contributed by atoms with Gasteiger partial charge in [0.05, 0.1) is 0 Å². The number of fused-ring (bicyclic) bond motifs is 1. The van der Waals surface area contributed by atoms with Crippen molar-refractivity contribution in [3.63, 3.8) is 0 Å². The number of benzene rings is 1. The predicted molar refractivity (Wildman–Crippen MR) is 81.5 cm³/mol. The lowest BCUT2D eigenvalue weighted by atomic mass is 10.1. The van der Waals surface area contributed by atoms with E-state index in [0.717, 1.165) is 43.5 Å². The second-order valence-electron chi connectivity index (χ2n) is 5.55. The van der Waals surface area contributed by atoms with Crippen molar-refractivity contribution in [1.82, 2.24) is 10.2 Å². The lowest BCUT2D eigenvalue weighted by Gasteiger charge is -2.38. The van der Waals surface area contributed by atoms with Gasteiger partial charge in [0.1, 0.15) is 11.3 Å². The standard InChI is InChI=1S/C16H20N2O3/c1-2-5-18(12-8-17-9-12)10-11-6-16(20)21-15-7-13(19)3-4-14(11)15/h3-4,6-7,12,17,19H,2,5,8-10H2,1H3. The average molecular weight is 288 g/mol. The van der Waals surface area contributed by atoms with Gasteiger partial charge in [-0.05, 0) is 30.7 Å². The third-order valence-electron chi connectivity index (χ3n) is 3.97. The molecule has 2 heterocycles. The first-order valence-electron chi connectivity index (χ1n) is 7.38. The van der Waals surface area contributed by atoms with Crippen LogP contribution >= 0.6 is 0 Å². The molecule has 21 heavy (non-hydrogen) atoms. The lowest BCUT2D eigenvalue weighted by molar-refractivity contribution is 0.138. The number of hydrogen-bond donors (Lipinski definition) is 2. The summed E-state index contributed by atoms with van der Waals surface area (Å²) in [5, 5.41) is 13.7. The van der Waals surface area contributed by atoms with Crippen molar-refractivity contribution in [1.29, 1.82) is 0 Å². The van der Waals surface area contributed by atoms with Crippen molar-refractivity contribution in [3.8, 4) is 5.75 Å². The summed E-state index contributed by atoms with van der Waals surface area (Å²) in [6.45, 7) is 5.90. The molecule has 2 aromatic rings. The topological polar surface area (TPSA) is 65.7 Å². The zero-order valence-electron chi connectivity index (χ0n) is 12.1. The Morgan fingerprint density at radius 2 is 2.19 bits per heavy atom. The second-order valence-corrected chi connectivity index (χ2v) is 5.55. The molecule has 1 saturated heterocycles. The van der Waals surface area contributed by atoms with Crippen LogP contribution in [0.2, 0.25) is 0 Å². The summed E-state index contributed by atoms with van der Waals surface area (Å²) in [6.07, 6.45) is 1.08. The Kier molecular flexibility index (Phi) is 3.94. The Balaban J connectivity index is 1.96. The normalized spacial score (nSPS) is 15.5. The summed E-state index contributed by atoms with van der Waals surface area (Å²) in [6, 6.07) is 7.03. The maximum Gasteiger partial charge on any atom is 0.336 e. The van der Waals surface area contributed by atoms with Crippen LogP contribution in [0.3, 0.4) is 0 Å². The molecule has 0 atom stereocenters. The van der Waals surface area contributed by atoms with Gasteiger partial charge in [-0.15, -0.1) is 0 Å². The fraction of sp³-hybridized carbons (Fsp3) is 0.438. The van der Waals surface area contributed by atoms with Gasteiger partial charge in [-0.3, -0.25) is 4.90 Å². The van der Waals surface area contributed by atoms with Crippen molar-refractivity contribution in [2.75, 3.05) is 19.6 Å². The zero-order valence-corrected chi connectivity index (χ0v) is 12.1. The van der Waals surface area contributed by atoms with E-state index in [2.05, 4.69) is 17.1 Å². The van der Waals surface area contributed by atoms with Crippen LogP contribution in [-0.4, -0.2) is 35.7 Å². The summed E-state index contributed by atoms with van der Waals surface area (Å²) in [7, 11) is 0. The smallest absolute Gasteiger partial charge is 0.336 e. The Bertz CT molecular complexity index is 691. The second kappa shape index (κ2) is 5.87. The molecule has 0 unspecified atom stereocenters. The van der Waals surface area contributed by atoms with Gasteiger partial charge in [0.15, 0.2) is 0 Å². The van der Waals surface area contributed by atoms with E-state index in [4.69, 9.17) is 4.42 Å². The molecule has 5 heteroatoms. The third-order valence-corrected chi connectivity index (χ3v) is 3.97. The van der Waals surface area contributed by atoms with Gasteiger partial charge in [0, 0.05) is 43.2 Å². The van der Waals surface area contributed by atoms with Crippen molar-refractivity contribution in [2.45, 2.75) is 25.9 Å². The summed E-state index contributed by atoms with van der Waals surface area (Å²) in [5.74, 6) is 0.108. The molecule has 112 valence electrons. The molecule has 0 radical (unpaired) electrons. The van der Waals surface area contributed by atoms with E-state index in [1.165, 1.54) is 6.07 Å². The number of nitrogens with zero attached hydrogens (tertiary/aromatic N) is 1. The fourth-order valence-corrected chi connectivity index (χ4v) is 2.78. The van der Waals surface area contributed by atoms with Crippen molar-refractivity contribution in [2.24, 2.45) is 0 Å². The Labute approximate surface area is 123 Å². The summed E-state index contributed by atoms with van der Waals surface area (Å²) >= 11 is 0. The summed E-state index contributed by atoms with van der Waals surface area (Å²) in [5.41, 5.74) is 1.04. The monoisotopic (exact) mass is 288 g/mol. The Morgan fingerprint density at radius 1 is 1.38 bits per heavy atom. The lowest BCUT2D eigenvalue weighted by Crippen LogP contribution is -2.57. The maximum atomic E-state index is 11.7. The van der Waals surface area contributed by atoms with E-state index in [-0.39, 0.29) is 11.4 Å². The number of phenolic OH excluding ortho intramolecular Hbond substituents is 1.